The molecule has 0 aliphatic carbocycles. The molecule has 0 aliphatic heterocycles. The van der Waals surface area contributed by atoms with E-state index in [-0.39, 0.29) is 18.9 Å². The van der Waals surface area contributed by atoms with Gasteiger partial charge < -0.3 is 20.9 Å². The summed E-state index contributed by atoms with van der Waals surface area (Å²) in [5.41, 5.74) is 7.23. The second-order valence-corrected chi connectivity index (χ2v) is 4.08. The average molecular weight is 266 g/mol. The van der Waals surface area contributed by atoms with Crippen molar-refractivity contribution in [1.29, 1.82) is 0 Å². The van der Waals surface area contributed by atoms with Gasteiger partial charge in [-0.2, -0.15) is 0 Å². The van der Waals surface area contributed by atoms with E-state index in [1.165, 1.54) is 7.11 Å². The van der Waals surface area contributed by atoms with Crippen LogP contribution in [0, 0.1) is 0 Å². The van der Waals surface area contributed by atoms with Gasteiger partial charge in [-0.1, -0.05) is 12.1 Å². The van der Waals surface area contributed by atoms with Crippen molar-refractivity contribution in [2.75, 3.05) is 19.4 Å². The van der Waals surface area contributed by atoms with Gasteiger partial charge in [0.2, 0.25) is 5.91 Å². The number of aryl methyl sites for hydroxylation is 1. The maximum Gasteiger partial charge on any atom is 0.336 e. The molecule has 0 aromatic heterocycles. The van der Waals surface area contributed by atoms with Gasteiger partial charge in [0.05, 0.1) is 13.7 Å². The quantitative estimate of drug-likeness (QED) is 0.491. The summed E-state index contributed by atoms with van der Waals surface area (Å²) < 4.78 is 4.33. The summed E-state index contributed by atoms with van der Waals surface area (Å²) in [5.74, 6) is -1.00. The van der Waals surface area contributed by atoms with Crippen molar-refractivity contribution >= 4 is 17.6 Å². The third-order valence-electron chi connectivity index (χ3n) is 2.59. The molecular formula is C13H18N2O4. The molecule has 0 bridgehead atoms. The highest BCUT2D eigenvalue weighted by molar-refractivity contribution is 5.78. The number of esters is 1. The minimum Gasteiger partial charge on any atom is -0.467 e. The van der Waals surface area contributed by atoms with Crippen LogP contribution in [0.3, 0.4) is 0 Å². The lowest BCUT2D eigenvalue weighted by Gasteiger charge is -2.09. The Kier molecular flexibility index (Phi) is 5.81. The molecule has 4 N–H and O–H groups in total. The van der Waals surface area contributed by atoms with Gasteiger partial charge in [0, 0.05) is 12.1 Å². The van der Waals surface area contributed by atoms with Gasteiger partial charge in [-0.25, -0.2) is 4.79 Å². The highest BCUT2D eigenvalue weighted by atomic mass is 16.5. The minimum atomic E-state index is -1.33. The molecule has 1 aromatic carbocycles. The number of amides is 1. The Morgan fingerprint density at radius 1 is 1.37 bits per heavy atom. The molecule has 0 fully saturated rings. The molecule has 1 atom stereocenters. The van der Waals surface area contributed by atoms with E-state index >= 15 is 0 Å². The van der Waals surface area contributed by atoms with Crippen LogP contribution in [0.4, 0.5) is 5.69 Å². The summed E-state index contributed by atoms with van der Waals surface area (Å²) >= 11 is 0. The number of methoxy groups -OCH3 is 1. The number of carbonyl (C=O) groups is 2. The second kappa shape index (κ2) is 7.38. The SMILES string of the molecule is COC(=O)C(O)CNC(=O)CCc1ccc(N)cc1. The largest absolute Gasteiger partial charge is 0.467 e. The van der Waals surface area contributed by atoms with Crippen molar-refractivity contribution in [3.63, 3.8) is 0 Å². The van der Waals surface area contributed by atoms with Crippen LogP contribution >= 0.6 is 0 Å². The van der Waals surface area contributed by atoms with Crippen LogP contribution in [0.15, 0.2) is 24.3 Å². The van der Waals surface area contributed by atoms with Gasteiger partial charge >= 0.3 is 5.97 Å². The molecule has 6 heteroatoms. The van der Waals surface area contributed by atoms with Crippen LogP contribution in [-0.4, -0.2) is 36.7 Å². The number of nitrogen functional groups attached to an aromatic ring is 1. The number of nitrogens with one attached hydrogen (secondary N) is 1. The predicted octanol–water partition coefficient (Wildman–Crippen LogP) is -0.148. The molecule has 0 spiro atoms. The van der Waals surface area contributed by atoms with Gasteiger partial charge in [-0.3, -0.25) is 4.79 Å². The maximum atomic E-state index is 11.5. The number of aliphatic hydroxyl groups is 1. The third kappa shape index (κ3) is 5.39. The van der Waals surface area contributed by atoms with Gasteiger partial charge in [-0.05, 0) is 24.1 Å². The molecule has 0 saturated carbocycles. The first kappa shape index (κ1) is 15.0. The van der Waals surface area contributed by atoms with Crippen LogP contribution in [0.25, 0.3) is 0 Å². The van der Waals surface area contributed by atoms with Crippen molar-refractivity contribution < 1.29 is 19.4 Å². The van der Waals surface area contributed by atoms with Crippen LogP contribution in [0.2, 0.25) is 0 Å². The van der Waals surface area contributed by atoms with E-state index in [1.54, 1.807) is 12.1 Å². The standard InChI is InChI=1S/C13H18N2O4/c1-19-13(18)11(16)8-15-12(17)7-4-9-2-5-10(14)6-3-9/h2-3,5-6,11,16H,4,7-8,14H2,1H3,(H,15,17). The van der Waals surface area contributed by atoms with E-state index in [2.05, 4.69) is 10.1 Å². The fourth-order valence-corrected chi connectivity index (χ4v) is 1.46. The third-order valence-corrected chi connectivity index (χ3v) is 2.59. The molecule has 0 aliphatic rings. The molecule has 1 rings (SSSR count). The molecule has 0 heterocycles. The summed E-state index contributed by atoms with van der Waals surface area (Å²) in [6, 6.07) is 7.25. The summed E-state index contributed by atoms with van der Waals surface area (Å²) in [7, 11) is 1.18. The summed E-state index contributed by atoms with van der Waals surface area (Å²) in [6.07, 6.45) is -0.483. The Hall–Kier alpha value is -2.08. The van der Waals surface area contributed by atoms with E-state index in [0.29, 0.717) is 12.1 Å². The molecule has 1 aromatic rings. The fraction of sp³-hybridized carbons (Fsp3) is 0.385. The number of carbonyl (C=O) groups excluding carboxylic acids is 2. The van der Waals surface area contributed by atoms with E-state index in [1.807, 2.05) is 12.1 Å². The summed E-state index contributed by atoms with van der Waals surface area (Å²) in [4.78, 5) is 22.4. The lowest BCUT2D eigenvalue weighted by molar-refractivity contribution is -0.150. The van der Waals surface area contributed by atoms with E-state index in [4.69, 9.17) is 5.73 Å². The van der Waals surface area contributed by atoms with Crippen LogP contribution in [0.5, 0.6) is 0 Å². The second-order valence-electron chi connectivity index (χ2n) is 4.08. The van der Waals surface area contributed by atoms with Crippen molar-refractivity contribution in [2.45, 2.75) is 18.9 Å². The highest BCUT2D eigenvalue weighted by Crippen LogP contribution is 2.07. The number of benzene rings is 1. The number of anilines is 1. The molecule has 1 amide bonds. The zero-order valence-corrected chi connectivity index (χ0v) is 10.8. The fourth-order valence-electron chi connectivity index (χ4n) is 1.46. The Bertz CT molecular complexity index is 431. The molecule has 0 radical (unpaired) electrons. The number of nitrogens with two attached hydrogens (primary N) is 1. The Labute approximate surface area is 111 Å². The maximum absolute atomic E-state index is 11.5. The molecule has 1 unspecified atom stereocenters. The number of hydrogen-bond acceptors (Lipinski definition) is 5. The zero-order valence-electron chi connectivity index (χ0n) is 10.8. The Morgan fingerprint density at radius 2 is 2.00 bits per heavy atom. The lowest BCUT2D eigenvalue weighted by atomic mass is 10.1. The topological polar surface area (TPSA) is 102 Å². The zero-order chi connectivity index (χ0) is 14.3. The normalized spacial score (nSPS) is 11.7. The van der Waals surface area contributed by atoms with E-state index < -0.39 is 12.1 Å². The van der Waals surface area contributed by atoms with E-state index in [9.17, 15) is 14.7 Å². The number of rotatable bonds is 6. The first-order valence-electron chi connectivity index (χ1n) is 5.90. The van der Waals surface area contributed by atoms with E-state index in [0.717, 1.165) is 5.56 Å². The van der Waals surface area contributed by atoms with Gasteiger partial charge in [0.15, 0.2) is 6.10 Å². The van der Waals surface area contributed by atoms with Gasteiger partial charge in [-0.15, -0.1) is 0 Å². The molecule has 0 saturated heterocycles. The first-order valence-corrected chi connectivity index (χ1v) is 5.90. The molecular weight excluding hydrogens is 248 g/mol. The smallest absolute Gasteiger partial charge is 0.336 e. The monoisotopic (exact) mass is 266 g/mol. The highest BCUT2D eigenvalue weighted by Gasteiger charge is 2.15. The molecule has 104 valence electrons. The summed E-state index contributed by atoms with van der Waals surface area (Å²) in [5, 5.41) is 11.7. The van der Waals surface area contributed by atoms with Crippen molar-refractivity contribution in [3.05, 3.63) is 29.8 Å². The van der Waals surface area contributed by atoms with Gasteiger partial charge in [0.25, 0.3) is 0 Å². The number of ether oxygens (including phenoxy) is 1. The number of aliphatic hydroxyl groups excluding tert-OH is 1. The predicted molar refractivity (Wildman–Crippen MR) is 70.2 cm³/mol. The molecule has 19 heavy (non-hydrogen) atoms. The number of hydrogen-bond donors (Lipinski definition) is 3. The Morgan fingerprint density at radius 3 is 2.58 bits per heavy atom. The first-order chi connectivity index (χ1) is 9.02. The van der Waals surface area contributed by atoms with Crippen molar-refractivity contribution in [2.24, 2.45) is 0 Å². The molecule has 6 nitrogen and oxygen atoms in total. The van der Waals surface area contributed by atoms with Crippen LogP contribution in [0.1, 0.15) is 12.0 Å². The van der Waals surface area contributed by atoms with Crippen LogP contribution in [-0.2, 0) is 20.7 Å². The summed E-state index contributed by atoms with van der Waals surface area (Å²) in [6.45, 7) is -0.146. The van der Waals surface area contributed by atoms with Crippen molar-refractivity contribution in [3.8, 4) is 0 Å². The minimum absolute atomic E-state index is 0.146. The average Bonchev–Trinajstić information content (AvgIpc) is 2.43. The van der Waals surface area contributed by atoms with Crippen LogP contribution < -0.4 is 11.1 Å². The lowest BCUT2D eigenvalue weighted by Crippen LogP contribution is -2.37. The Balaban J connectivity index is 2.28. The van der Waals surface area contributed by atoms with Crippen molar-refractivity contribution in [1.82, 2.24) is 5.32 Å². The van der Waals surface area contributed by atoms with Gasteiger partial charge in [0.1, 0.15) is 0 Å².